The second-order valence-corrected chi connectivity index (χ2v) is 12.0. The van der Waals surface area contributed by atoms with Crippen molar-refractivity contribution in [2.75, 3.05) is 6.54 Å². The van der Waals surface area contributed by atoms with Gasteiger partial charge in [-0.1, -0.05) is 63.4 Å². The molecule has 204 valence electrons. The zero-order chi connectivity index (χ0) is 27.7. The molecule has 0 fully saturated rings. The van der Waals surface area contributed by atoms with Crippen LogP contribution in [-0.2, 0) is 14.3 Å². The molecule has 2 N–H and O–H groups in total. The molecule has 0 aliphatic carbocycles. The molecule has 7 heteroatoms. The fourth-order valence-corrected chi connectivity index (χ4v) is 4.10. The van der Waals surface area contributed by atoms with Gasteiger partial charge >= 0.3 is 6.09 Å². The standard InChI is InChI=1S/C29H49N3O4/c1-11-12-13-17-30-25(33)24(22-16-14-15-21(4)19-22)32(28(5,6)7)26(34)23(18-20(2)3)31-27(35)36-29(8,9)10/h14-16,19-20,23-24H,11-13,17-18H2,1-10H3,(H,30,33)(H,31,35). The maximum atomic E-state index is 14.2. The summed E-state index contributed by atoms with van der Waals surface area (Å²) in [5.41, 5.74) is 0.355. The molecule has 0 saturated carbocycles. The lowest BCUT2D eigenvalue weighted by molar-refractivity contribution is -0.148. The number of carbonyl (C=O) groups excluding carboxylic acids is 3. The van der Waals surface area contributed by atoms with Crippen LogP contribution < -0.4 is 10.6 Å². The highest BCUT2D eigenvalue weighted by Gasteiger charge is 2.42. The van der Waals surface area contributed by atoms with Gasteiger partial charge in [-0.05, 0) is 72.8 Å². The Morgan fingerprint density at radius 1 is 1.03 bits per heavy atom. The van der Waals surface area contributed by atoms with Gasteiger partial charge in [0.25, 0.3) is 0 Å². The summed E-state index contributed by atoms with van der Waals surface area (Å²) in [7, 11) is 0. The fraction of sp³-hybridized carbons (Fsp3) is 0.690. The van der Waals surface area contributed by atoms with Crippen molar-refractivity contribution in [1.29, 1.82) is 0 Å². The van der Waals surface area contributed by atoms with Gasteiger partial charge in [0, 0.05) is 12.1 Å². The van der Waals surface area contributed by atoms with E-state index in [1.807, 2.05) is 65.8 Å². The lowest BCUT2D eigenvalue weighted by Crippen LogP contribution is -2.58. The zero-order valence-corrected chi connectivity index (χ0v) is 24.2. The third-order valence-electron chi connectivity index (χ3n) is 5.60. The molecule has 1 aromatic rings. The molecular formula is C29H49N3O4. The van der Waals surface area contributed by atoms with Gasteiger partial charge in [-0.2, -0.15) is 0 Å². The largest absolute Gasteiger partial charge is 0.444 e. The highest BCUT2D eigenvalue weighted by molar-refractivity contribution is 5.92. The first kappa shape index (κ1) is 31.5. The maximum Gasteiger partial charge on any atom is 0.408 e. The van der Waals surface area contributed by atoms with E-state index < -0.39 is 29.3 Å². The minimum Gasteiger partial charge on any atom is -0.444 e. The van der Waals surface area contributed by atoms with Crippen LogP contribution in [0, 0.1) is 12.8 Å². The van der Waals surface area contributed by atoms with Crippen LogP contribution in [0.5, 0.6) is 0 Å². The van der Waals surface area contributed by atoms with Gasteiger partial charge in [-0.25, -0.2) is 4.79 Å². The number of amides is 3. The van der Waals surface area contributed by atoms with E-state index in [0.717, 1.165) is 30.4 Å². The molecule has 2 atom stereocenters. The zero-order valence-electron chi connectivity index (χ0n) is 24.2. The van der Waals surface area contributed by atoms with Crippen molar-refractivity contribution in [2.45, 2.75) is 118 Å². The molecule has 0 aliphatic rings. The van der Waals surface area contributed by atoms with Crippen molar-refractivity contribution in [3.8, 4) is 0 Å². The molecule has 1 rings (SSSR count). The summed E-state index contributed by atoms with van der Waals surface area (Å²) in [5, 5.41) is 5.84. The van der Waals surface area contributed by atoms with Crippen LogP contribution in [0.4, 0.5) is 4.79 Å². The minimum absolute atomic E-state index is 0.135. The number of unbranched alkanes of at least 4 members (excludes halogenated alkanes) is 2. The summed E-state index contributed by atoms with van der Waals surface area (Å²) in [5.74, 6) is -0.395. The van der Waals surface area contributed by atoms with Gasteiger partial charge in [-0.15, -0.1) is 0 Å². The van der Waals surface area contributed by atoms with Crippen LogP contribution >= 0.6 is 0 Å². The second-order valence-electron chi connectivity index (χ2n) is 12.0. The Morgan fingerprint density at radius 3 is 2.17 bits per heavy atom. The van der Waals surface area contributed by atoms with Crippen molar-refractivity contribution in [2.24, 2.45) is 5.92 Å². The number of aryl methyl sites for hydroxylation is 1. The monoisotopic (exact) mass is 503 g/mol. The lowest BCUT2D eigenvalue weighted by atomic mass is 9.93. The van der Waals surface area contributed by atoms with Crippen LogP contribution in [0.25, 0.3) is 0 Å². The SMILES string of the molecule is CCCCCNC(=O)C(c1cccc(C)c1)N(C(=O)C(CC(C)C)NC(=O)OC(C)(C)C)C(C)(C)C. The Morgan fingerprint density at radius 2 is 1.67 bits per heavy atom. The van der Waals surface area contributed by atoms with E-state index in [4.69, 9.17) is 4.74 Å². The summed E-state index contributed by atoms with van der Waals surface area (Å²) >= 11 is 0. The van der Waals surface area contributed by atoms with Crippen molar-refractivity contribution in [3.63, 3.8) is 0 Å². The van der Waals surface area contributed by atoms with Crippen molar-refractivity contribution in [1.82, 2.24) is 15.5 Å². The molecule has 0 bridgehead atoms. The van der Waals surface area contributed by atoms with E-state index in [1.54, 1.807) is 25.7 Å². The highest BCUT2D eigenvalue weighted by atomic mass is 16.6. The van der Waals surface area contributed by atoms with E-state index in [9.17, 15) is 14.4 Å². The molecule has 1 aromatic carbocycles. The lowest BCUT2D eigenvalue weighted by Gasteiger charge is -2.43. The predicted molar refractivity (Wildman–Crippen MR) is 146 cm³/mol. The molecule has 3 amide bonds. The topological polar surface area (TPSA) is 87.7 Å². The van der Waals surface area contributed by atoms with Gasteiger partial charge in [-0.3, -0.25) is 9.59 Å². The fourth-order valence-electron chi connectivity index (χ4n) is 4.10. The quantitative estimate of drug-likeness (QED) is 0.368. The number of carbonyl (C=O) groups is 3. The second kappa shape index (κ2) is 13.7. The average Bonchev–Trinajstić information content (AvgIpc) is 2.71. The Kier molecular flexibility index (Phi) is 11.9. The molecule has 0 aromatic heterocycles. The van der Waals surface area contributed by atoms with Gasteiger partial charge in [0.05, 0.1) is 0 Å². The normalized spacial score (nSPS) is 13.6. The number of ether oxygens (including phenoxy) is 1. The van der Waals surface area contributed by atoms with Crippen molar-refractivity contribution >= 4 is 17.9 Å². The highest BCUT2D eigenvalue weighted by Crippen LogP contribution is 2.31. The van der Waals surface area contributed by atoms with E-state index in [-0.39, 0.29) is 17.7 Å². The summed E-state index contributed by atoms with van der Waals surface area (Å²) in [6.07, 6.45) is 2.72. The Labute approximate surface area is 218 Å². The predicted octanol–water partition coefficient (Wildman–Crippen LogP) is 5.91. The van der Waals surface area contributed by atoms with Crippen molar-refractivity contribution < 1.29 is 19.1 Å². The van der Waals surface area contributed by atoms with Gasteiger partial charge < -0.3 is 20.3 Å². The van der Waals surface area contributed by atoms with Gasteiger partial charge in [0.1, 0.15) is 17.7 Å². The first-order valence-electron chi connectivity index (χ1n) is 13.2. The number of hydrogen-bond donors (Lipinski definition) is 2. The third-order valence-corrected chi connectivity index (χ3v) is 5.60. The Bertz CT molecular complexity index is 868. The number of nitrogens with one attached hydrogen (secondary N) is 2. The molecule has 0 aliphatic heterocycles. The third kappa shape index (κ3) is 10.6. The van der Waals surface area contributed by atoms with E-state index in [1.165, 1.54) is 0 Å². The van der Waals surface area contributed by atoms with Gasteiger partial charge in [0.2, 0.25) is 11.8 Å². The van der Waals surface area contributed by atoms with Gasteiger partial charge in [0.15, 0.2) is 0 Å². The molecule has 36 heavy (non-hydrogen) atoms. The molecule has 2 unspecified atom stereocenters. The number of hydrogen-bond acceptors (Lipinski definition) is 4. The maximum absolute atomic E-state index is 14.2. The number of benzene rings is 1. The summed E-state index contributed by atoms with van der Waals surface area (Å²) in [6, 6.07) is 6.02. The molecule has 7 nitrogen and oxygen atoms in total. The van der Waals surface area contributed by atoms with E-state index in [0.29, 0.717) is 13.0 Å². The smallest absolute Gasteiger partial charge is 0.408 e. The van der Waals surface area contributed by atoms with Crippen LogP contribution in [0.1, 0.15) is 105 Å². The molecule has 0 spiro atoms. The minimum atomic E-state index is -0.839. The number of alkyl carbamates (subject to hydrolysis) is 1. The first-order valence-corrected chi connectivity index (χ1v) is 13.2. The number of nitrogens with zero attached hydrogens (tertiary/aromatic N) is 1. The van der Waals surface area contributed by atoms with E-state index >= 15 is 0 Å². The molecule has 0 saturated heterocycles. The first-order chi connectivity index (χ1) is 16.6. The van der Waals surface area contributed by atoms with Crippen molar-refractivity contribution in [3.05, 3.63) is 35.4 Å². The molecular weight excluding hydrogens is 454 g/mol. The van der Waals surface area contributed by atoms with Crippen LogP contribution in [0.3, 0.4) is 0 Å². The summed E-state index contributed by atoms with van der Waals surface area (Å²) in [4.78, 5) is 42.1. The Hall–Kier alpha value is -2.57. The average molecular weight is 504 g/mol. The summed E-state index contributed by atoms with van der Waals surface area (Å²) < 4.78 is 5.45. The van der Waals surface area contributed by atoms with Crippen LogP contribution in [0.2, 0.25) is 0 Å². The van der Waals surface area contributed by atoms with Crippen LogP contribution in [0.15, 0.2) is 24.3 Å². The number of rotatable bonds is 11. The molecule has 0 heterocycles. The molecule has 0 radical (unpaired) electrons. The summed E-state index contributed by atoms with van der Waals surface area (Å²) in [6.45, 7) is 19.7. The Balaban J connectivity index is 3.48. The van der Waals surface area contributed by atoms with E-state index in [2.05, 4.69) is 17.6 Å². The van der Waals surface area contributed by atoms with Crippen LogP contribution in [-0.4, -0.2) is 46.5 Å².